The maximum atomic E-state index is 13.8. The lowest BCUT2D eigenvalue weighted by Crippen LogP contribution is -2.26. The van der Waals surface area contributed by atoms with Crippen LogP contribution in [0, 0.1) is 23.1 Å². The Morgan fingerprint density at radius 3 is 2.74 bits per heavy atom. The molecule has 0 saturated carbocycles. The van der Waals surface area contributed by atoms with Gasteiger partial charge in [-0.3, -0.25) is 0 Å². The number of nitrogens with one attached hydrogen (secondary N) is 1. The van der Waals surface area contributed by atoms with Crippen LogP contribution in [0.25, 0.3) is 0 Å². The van der Waals surface area contributed by atoms with E-state index in [1.165, 1.54) is 0 Å². The predicted octanol–water partition coefficient (Wildman–Crippen LogP) is 4.37. The summed E-state index contributed by atoms with van der Waals surface area (Å²) in [5.41, 5.74) is 0.0550. The van der Waals surface area contributed by atoms with Crippen LogP contribution in [0.2, 0.25) is 5.15 Å². The molecule has 0 spiro atoms. The Labute approximate surface area is 118 Å². The van der Waals surface area contributed by atoms with Crippen LogP contribution in [-0.4, -0.2) is 11.0 Å². The van der Waals surface area contributed by atoms with Gasteiger partial charge >= 0.3 is 0 Å². The minimum Gasteiger partial charge on any atom is -0.365 e. The smallest absolute Gasteiger partial charge is 0.166 e. The first-order chi connectivity index (χ1) is 8.99. The van der Waals surface area contributed by atoms with Crippen LogP contribution >= 0.6 is 11.6 Å². The van der Waals surface area contributed by atoms with Gasteiger partial charge in [-0.2, -0.15) is 5.26 Å². The van der Waals surface area contributed by atoms with Crippen molar-refractivity contribution in [2.45, 2.75) is 46.1 Å². The fourth-order valence-electron chi connectivity index (χ4n) is 1.82. The van der Waals surface area contributed by atoms with Crippen LogP contribution in [-0.2, 0) is 0 Å². The van der Waals surface area contributed by atoms with E-state index in [0.717, 1.165) is 25.3 Å². The lowest BCUT2D eigenvalue weighted by atomic mass is 9.98. The summed E-state index contributed by atoms with van der Waals surface area (Å²) in [7, 11) is 0. The van der Waals surface area contributed by atoms with Crippen LogP contribution < -0.4 is 5.32 Å². The van der Waals surface area contributed by atoms with Gasteiger partial charge in [-0.05, 0) is 18.4 Å². The molecular weight excluding hydrogens is 265 g/mol. The quantitative estimate of drug-likeness (QED) is 0.789. The minimum atomic E-state index is -0.539. The molecule has 0 amide bonds. The summed E-state index contributed by atoms with van der Waals surface area (Å²) in [6, 6.07) is 3.08. The second-order valence-electron chi connectivity index (χ2n) is 4.91. The summed E-state index contributed by atoms with van der Waals surface area (Å²) in [5, 5.41) is 11.9. The molecular formula is C14H19ClFN3. The maximum absolute atomic E-state index is 13.8. The van der Waals surface area contributed by atoms with Crippen molar-refractivity contribution in [3.63, 3.8) is 0 Å². The third-order valence-electron chi connectivity index (χ3n) is 3.05. The summed E-state index contributed by atoms with van der Waals surface area (Å²) in [5.74, 6) is -0.0518. The molecule has 0 aromatic carbocycles. The van der Waals surface area contributed by atoms with E-state index in [1.807, 2.05) is 6.07 Å². The first-order valence-electron chi connectivity index (χ1n) is 6.52. The molecule has 1 heterocycles. The van der Waals surface area contributed by atoms with Crippen molar-refractivity contribution < 1.29 is 4.39 Å². The number of hydrogen-bond acceptors (Lipinski definition) is 3. The Morgan fingerprint density at radius 1 is 1.53 bits per heavy atom. The Morgan fingerprint density at radius 2 is 2.21 bits per heavy atom. The van der Waals surface area contributed by atoms with Gasteiger partial charge in [-0.25, -0.2) is 9.37 Å². The van der Waals surface area contributed by atoms with Crippen molar-refractivity contribution >= 4 is 17.4 Å². The third-order valence-corrected chi connectivity index (χ3v) is 3.33. The highest BCUT2D eigenvalue weighted by molar-refractivity contribution is 6.30. The molecule has 1 aromatic rings. The minimum absolute atomic E-state index is 0.0318. The zero-order valence-corrected chi connectivity index (χ0v) is 12.3. The summed E-state index contributed by atoms with van der Waals surface area (Å²) in [6.45, 7) is 6.28. The number of aromatic nitrogens is 1. The Bertz CT molecular complexity index is 468. The van der Waals surface area contributed by atoms with E-state index in [9.17, 15) is 4.39 Å². The summed E-state index contributed by atoms with van der Waals surface area (Å²) in [4.78, 5) is 3.93. The molecule has 0 radical (unpaired) electrons. The number of unbranched alkanes of at least 4 members (excludes halogenated alkanes) is 1. The molecule has 0 aliphatic rings. The molecule has 0 aliphatic carbocycles. The highest BCUT2D eigenvalue weighted by Gasteiger charge is 2.17. The molecule has 0 bridgehead atoms. The molecule has 1 rings (SSSR count). The van der Waals surface area contributed by atoms with E-state index in [4.69, 9.17) is 16.9 Å². The van der Waals surface area contributed by atoms with Gasteiger partial charge in [-0.1, -0.05) is 45.2 Å². The van der Waals surface area contributed by atoms with Crippen LogP contribution in [0.15, 0.2) is 6.07 Å². The summed E-state index contributed by atoms with van der Waals surface area (Å²) < 4.78 is 13.8. The highest BCUT2D eigenvalue weighted by Crippen LogP contribution is 2.22. The average molecular weight is 284 g/mol. The Hall–Kier alpha value is -1.34. The topological polar surface area (TPSA) is 48.7 Å². The van der Waals surface area contributed by atoms with Crippen molar-refractivity contribution in [1.29, 1.82) is 5.26 Å². The lowest BCUT2D eigenvalue weighted by Gasteiger charge is -2.23. The number of pyridine rings is 1. The average Bonchev–Trinajstić information content (AvgIpc) is 2.37. The molecule has 0 unspecified atom stereocenters. The fourth-order valence-corrected chi connectivity index (χ4v) is 2.00. The van der Waals surface area contributed by atoms with E-state index < -0.39 is 5.82 Å². The number of rotatable bonds is 6. The van der Waals surface area contributed by atoms with Gasteiger partial charge in [-0.15, -0.1) is 0 Å². The zero-order chi connectivity index (χ0) is 14.4. The van der Waals surface area contributed by atoms with Crippen molar-refractivity contribution in [2.24, 2.45) is 5.92 Å². The number of hydrogen-bond donors (Lipinski definition) is 1. The molecule has 3 nitrogen and oxygen atoms in total. The Balaban J connectivity index is 2.91. The number of nitrogens with zero attached hydrogens (tertiary/aromatic N) is 2. The molecule has 1 aromatic heterocycles. The molecule has 0 saturated heterocycles. The van der Waals surface area contributed by atoms with Gasteiger partial charge in [0, 0.05) is 6.04 Å². The van der Waals surface area contributed by atoms with E-state index in [0.29, 0.717) is 5.92 Å². The van der Waals surface area contributed by atoms with Crippen molar-refractivity contribution in [1.82, 2.24) is 4.98 Å². The molecule has 1 N–H and O–H groups in total. The highest BCUT2D eigenvalue weighted by atomic mass is 35.5. The van der Waals surface area contributed by atoms with Crippen LogP contribution in [0.1, 0.15) is 45.6 Å². The predicted molar refractivity (Wildman–Crippen MR) is 75.7 cm³/mol. The van der Waals surface area contributed by atoms with Crippen molar-refractivity contribution in [3.8, 4) is 6.07 Å². The maximum Gasteiger partial charge on any atom is 0.166 e. The lowest BCUT2D eigenvalue weighted by molar-refractivity contribution is 0.472. The standard InChI is InChI=1S/C14H19ClFN3/c1-4-5-6-12(9(2)3)18-14-11(16)7-10(8-17)13(15)19-14/h7,9,12H,4-6H2,1-3H3,(H,18,19)/t12-/m1/s1. The van der Waals surface area contributed by atoms with Crippen molar-refractivity contribution in [3.05, 3.63) is 22.6 Å². The van der Waals surface area contributed by atoms with E-state index in [1.54, 1.807) is 0 Å². The first kappa shape index (κ1) is 15.7. The monoisotopic (exact) mass is 283 g/mol. The van der Waals surface area contributed by atoms with Gasteiger partial charge in [0.15, 0.2) is 11.6 Å². The van der Waals surface area contributed by atoms with Gasteiger partial charge in [0.1, 0.15) is 11.2 Å². The number of anilines is 1. The molecule has 19 heavy (non-hydrogen) atoms. The van der Waals surface area contributed by atoms with Gasteiger partial charge in [0.2, 0.25) is 0 Å². The zero-order valence-electron chi connectivity index (χ0n) is 11.5. The number of nitriles is 1. The van der Waals surface area contributed by atoms with Crippen LogP contribution in [0.5, 0.6) is 0 Å². The van der Waals surface area contributed by atoms with E-state index >= 15 is 0 Å². The van der Waals surface area contributed by atoms with Gasteiger partial charge in [0.25, 0.3) is 0 Å². The molecule has 104 valence electrons. The molecule has 0 fully saturated rings. The second kappa shape index (κ2) is 7.30. The van der Waals surface area contributed by atoms with Gasteiger partial charge < -0.3 is 5.32 Å². The van der Waals surface area contributed by atoms with Crippen molar-refractivity contribution in [2.75, 3.05) is 5.32 Å². The van der Waals surface area contributed by atoms with E-state index in [-0.39, 0.29) is 22.6 Å². The molecule has 5 heteroatoms. The number of halogens is 2. The summed E-state index contributed by atoms with van der Waals surface area (Å²) in [6.07, 6.45) is 3.11. The first-order valence-corrected chi connectivity index (χ1v) is 6.90. The van der Waals surface area contributed by atoms with Gasteiger partial charge in [0.05, 0.1) is 5.56 Å². The molecule has 1 atom stereocenters. The Kier molecular flexibility index (Phi) is 6.04. The normalized spacial score (nSPS) is 12.3. The largest absolute Gasteiger partial charge is 0.365 e. The van der Waals surface area contributed by atoms with E-state index in [2.05, 4.69) is 31.1 Å². The van der Waals surface area contributed by atoms with Crippen LogP contribution in [0.3, 0.4) is 0 Å². The fraction of sp³-hybridized carbons (Fsp3) is 0.571. The third kappa shape index (κ3) is 4.36. The summed E-state index contributed by atoms with van der Waals surface area (Å²) >= 11 is 5.83. The SMILES string of the molecule is CCCC[C@@H](Nc1nc(Cl)c(C#N)cc1F)C(C)C. The molecule has 0 aliphatic heterocycles. The van der Waals surface area contributed by atoms with Crippen LogP contribution in [0.4, 0.5) is 10.2 Å². The second-order valence-corrected chi connectivity index (χ2v) is 5.26.